The van der Waals surface area contributed by atoms with Crippen molar-refractivity contribution in [2.45, 2.75) is 63.5 Å². The quantitative estimate of drug-likeness (QED) is 0.281. The SMILES string of the molecule is CCCCCCCCC(CCCl)C(Cl)(OC)OC. The molecule has 0 aromatic carbocycles. The number of methoxy groups -OCH3 is 2. The third-order valence-corrected chi connectivity index (χ3v) is 4.24. The number of hydrogen-bond acceptors (Lipinski definition) is 2. The Hall–Kier alpha value is 0.500. The van der Waals surface area contributed by atoms with Crippen LogP contribution in [-0.2, 0) is 9.47 Å². The van der Waals surface area contributed by atoms with Gasteiger partial charge in [-0.25, -0.2) is 0 Å². The molecule has 0 amide bonds. The van der Waals surface area contributed by atoms with E-state index in [0.29, 0.717) is 5.88 Å². The van der Waals surface area contributed by atoms with Crippen LogP contribution in [-0.4, -0.2) is 25.3 Å². The average Bonchev–Trinajstić information content (AvgIpc) is 2.40. The third-order valence-electron chi connectivity index (χ3n) is 3.41. The van der Waals surface area contributed by atoms with Crippen molar-refractivity contribution in [2.75, 3.05) is 20.1 Å². The van der Waals surface area contributed by atoms with Crippen molar-refractivity contribution in [1.82, 2.24) is 0 Å². The molecule has 0 fully saturated rings. The van der Waals surface area contributed by atoms with E-state index in [-0.39, 0.29) is 5.92 Å². The van der Waals surface area contributed by atoms with Crippen molar-refractivity contribution in [3.05, 3.63) is 0 Å². The largest absolute Gasteiger partial charge is 0.340 e. The average molecular weight is 299 g/mol. The van der Waals surface area contributed by atoms with Gasteiger partial charge in [-0.1, -0.05) is 57.0 Å². The van der Waals surface area contributed by atoms with E-state index in [9.17, 15) is 0 Å². The maximum Gasteiger partial charge on any atom is 0.250 e. The Labute approximate surface area is 122 Å². The lowest BCUT2D eigenvalue weighted by molar-refractivity contribution is -0.178. The predicted molar refractivity (Wildman–Crippen MR) is 79.4 cm³/mol. The van der Waals surface area contributed by atoms with Crippen molar-refractivity contribution in [3.63, 3.8) is 0 Å². The van der Waals surface area contributed by atoms with Crippen LogP contribution >= 0.6 is 23.2 Å². The van der Waals surface area contributed by atoms with Crippen molar-refractivity contribution >= 4 is 23.2 Å². The standard InChI is InChI=1S/C14H28Cl2O2/c1-4-5-6-7-8-9-10-13(11-12-15)14(16,17-2)18-3/h13H,4-12H2,1-3H3. The van der Waals surface area contributed by atoms with Crippen LogP contribution in [0.4, 0.5) is 0 Å². The Balaban J connectivity index is 3.96. The number of halogens is 2. The maximum atomic E-state index is 6.31. The van der Waals surface area contributed by atoms with Gasteiger partial charge in [0.25, 0.3) is 5.25 Å². The fourth-order valence-electron chi connectivity index (χ4n) is 2.21. The molecule has 0 spiro atoms. The van der Waals surface area contributed by atoms with Gasteiger partial charge >= 0.3 is 0 Å². The van der Waals surface area contributed by atoms with Crippen LogP contribution in [0.1, 0.15) is 58.3 Å². The van der Waals surface area contributed by atoms with Gasteiger partial charge in [-0.05, 0) is 12.8 Å². The molecule has 0 rings (SSSR count). The lowest BCUT2D eigenvalue weighted by Crippen LogP contribution is -2.36. The molecule has 0 N–H and O–H groups in total. The molecule has 0 aromatic heterocycles. The minimum atomic E-state index is -1.02. The molecule has 0 aromatic rings. The van der Waals surface area contributed by atoms with Crippen molar-refractivity contribution in [1.29, 1.82) is 0 Å². The molecule has 0 saturated carbocycles. The molecule has 1 unspecified atom stereocenters. The molecule has 0 saturated heterocycles. The molecule has 0 radical (unpaired) electrons. The zero-order valence-corrected chi connectivity index (χ0v) is 13.5. The molecule has 18 heavy (non-hydrogen) atoms. The van der Waals surface area contributed by atoms with Gasteiger partial charge in [0.1, 0.15) is 0 Å². The summed E-state index contributed by atoms with van der Waals surface area (Å²) in [7, 11) is 3.16. The number of rotatable bonds is 12. The van der Waals surface area contributed by atoms with E-state index in [1.807, 2.05) is 0 Å². The zero-order valence-electron chi connectivity index (χ0n) is 12.0. The fourth-order valence-corrected chi connectivity index (χ4v) is 2.69. The lowest BCUT2D eigenvalue weighted by Gasteiger charge is -2.32. The van der Waals surface area contributed by atoms with E-state index in [2.05, 4.69) is 6.92 Å². The van der Waals surface area contributed by atoms with Crippen LogP contribution in [0.3, 0.4) is 0 Å². The number of unbranched alkanes of at least 4 members (excludes halogenated alkanes) is 5. The second-order valence-corrected chi connectivity index (χ2v) is 5.63. The van der Waals surface area contributed by atoms with Gasteiger partial charge in [0.15, 0.2) is 0 Å². The highest BCUT2D eigenvalue weighted by Crippen LogP contribution is 2.34. The van der Waals surface area contributed by atoms with Crippen LogP contribution in [0.25, 0.3) is 0 Å². The van der Waals surface area contributed by atoms with Gasteiger partial charge in [0.2, 0.25) is 0 Å². The van der Waals surface area contributed by atoms with Crippen LogP contribution in [0.2, 0.25) is 0 Å². The first-order valence-electron chi connectivity index (χ1n) is 6.99. The van der Waals surface area contributed by atoms with Gasteiger partial charge in [-0.3, -0.25) is 0 Å². The first kappa shape index (κ1) is 18.5. The Morgan fingerprint density at radius 2 is 1.50 bits per heavy atom. The van der Waals surface area contributed by atoms with E-state index in [4.69, 9.17) is 32.7 Å². The summed E-state index contributed by atoms with van der Waals surface area (Å²) in [6.45, 7) is 2.23. The first-order valence-corrected chi connectivity index (χ1v) is 7.91. The molecule has 0 heterocycles. The summed E-state index contributed by atoms with van der Waals surface area (Å²) >= 11 is 12.1. The second-order valence-electron chi connectivity index (χ2n) is 4.72. The lowest BCUT2D eigenvalue weighted by atomic mass is 9.96. The summed E-state index contributed by atoms with van der Waals surface area (Å²) < 4.78 is 10.6. The summed E-state index contributed by atoms with van der Waals surface area (Å²) in [6.07, 6.45) is 9.49. The Bertz CT molecular complexity index is 185. The highest BCUT2D eigenvalue weighted by molar-refractivity contribution is 6.22. The molecule has 0 aliphatic carbocycles. The highest BCUT2D eigenvalue weighted by Gasteiger charge is 2.36. The summed E-state index contributed by atoms with van der Waals surface area (Å²) in [5.74, 6) is 0.736. The molecule has 2 nitrogen and oxygen atoms in total. The molecule has 1 atom stereocenters. The summed E-state index contributed by atoms with van der Waals surface area (Å²) in [5.41, 5.74) is 0. The molecular formula is C14H28Cl2O2. The maximum absolute atomic E-state index is 6.31. The van der Waals surface area contributed by atoms with Crippen LogP contribution in [0.5, 0.6) is 0 Å². The third kappa shape index (κ3) is 7.18. The van der Waals surface area contributed by atoms with Crippen molar-refractivity contribution in [3.8, 4) is 0 Å². The van der Waals surface area contributed by atoms with E-state index < -0.39 is 5.25 Å². The summed E-state index contributed by atoms with van der Waals surface area (Å²) in [4.78, 5) is 0. The Morgan fingerprint density at radius 1 is 0.944 bits per heavy atom. The topological polar surface area (TPSA) is 18.5 Å². The molecule has 0 aliphatic heterocycles. The van der Waals surface area contributed by atoms with E-state index in [1.54, 1.807) is 14.2 Å². The number of ether oxygens (including phenoxy) is 2. The van der Waals surface area contributed by atoms with Crippen molar-refractivity contribution in [2.24, 2.45) is 5.92 Å². The smallest absolute Gasteiger partial charge is 0.250 e. The van der Waals surface area contributed by atoms with Crippen LogP contribution < -0.4 is 0 Å². The fraction of sp³-hybridized carbons (Fsp3) is 1.00. The summed E-state index contributed by atoms with van der Waals surface area (Å²) in [6, 6.07) is 0. The van der Waals surface area contributed by atoms with E-state index >= 15 is 0 Å². The molecule has 0 bridgehead atoms. The molecule has 110 valence electrons. The minimum Gasteiger partial charge on any atom is -0.340 e. The van der Waals surface area contributed by atoms with Gasteiger partial charge in [-0.15, -0.1) is 11.6 Å². The number of alkyl halides is 2. The Kier molecular flexibility index (Phi) is 11.7. The van der Waals surface area contributed by atoms with Crippen molar-refractivity contribution < 1.29 is 9.47 Å². The van der Waals surface area contributed by atoms with E-state index in [1.165, 1.54) is 32.1 Å². The normalized spacial score (nSPS) is 13.8. The molecule has 0 aliphatic rings. The van der Waals surface area contributed by atoms with Gasteiger partial charge in [0, 0.05) is 26.0 Å². The van der Waals surface area contributed by atoms with Crippen LogP contribution in [0, 0.1) is 5.92 Å². The monoisotopic (exact) mass is 298 g/mol. The zero-order chi connectivity index (χ0) is 13.9. The molecular weight excluding hydrogens is 271 g/mol. The summed E-state index contributed by atoms with van der Waals surface area (Å²) in [5, 5.41) is -1.02. The first-order chi connectivity index (χ1) is 8.64. The Morgan fingerprint density at radius 3 is 2.00 bits per heavy atom. The van der Waals surface area contributed by atoms with E-state index in [0.717, 1.165) is 19.3 Å². The van der Waals surface area contributed by atoms with Gasteiger partial charge in [0.05, 0.1) is 0 Å². The van der Waals surface area contributed by atoms with Gasteiger partial charge < -0.3 is 9.47 Å². The highest BCUT2D eigenvalue weighted by atomic mass is 35.5. The predicted octanol–water partition coefficient (Wildman–Crippen LogP) is 5.17. The van der Waals surface area contributed by atoms with Crippen LogP contribution in [0.15, 0.2) is 0 Å². The second kappa shape index (κ2) is 11.3. The minimum absolute atomic E-state index is 0.151. The number of hydrogen-bond donors (Lipinski definition) is 0. The molecule has 4 heteroatoms. The van der Waals surface area contributed by atoms with Gasteiger partial charge in [-0.2, -0.15) is 0 Å².